The lowest BCUT2D eigenvalue weighted by Gasteiger charge is -2.05. The molecule has 25 heavy (non-hydrogen) atoms. The van der Waals surface area contributed by atoms with Gasteiger partial charge in [0.2, 0.25) is 10.9 Å². The number of hydrogen-bond donors (Lipinski definition) is 1. The Balaban J connectivity index is 1.32. The molecule has 0 spiro atoms. The van der Waals surface area contributed by atoms with Crippen molar-refractivity contribution in [3.8, 4) is 0 Å². The first kappa shape index (κ1) is 17.8. The highest BCUT2D eigenvalue weighted by Gasteiger charge is 2.10. The van der Waals surface area contributed by atoms with Crippen LogP contribution in [0.15, 0.2) is 24.3 Å². The molecule has 1 amide bonds. The lowest BCUT2D eigenvalue weighted by molar-refractivity contribution is -0.121. The van der Waals surface area contributed by atoms with Crippen LogP contribution in [0.4, 0.5) is 0 Å². The minimum atomic E-state index is 0.0641. The van der Waals surface area contributed by atoms with Crippen LogP contribution in [0.3, 0.4) is 0 Å². The van der Waals surface area contributed by atoms with Gasteiger partial charge in [-0.2, -0.15) is 9.61 Å². The number of aromatic nitrogens is 4. The summed E-state index contributed by atoms with van der Waals surface area (Å²) in [7, 11) is 0. The number of benzene rings is 1. The Morgan fingerprint density at radius 2 is 2.00 bits per heavy atom. The largest absolute Gasteiger partial charge is 0.356 e. The van der Waals surface area contributed by atoms with Crippen LogP contribution in [0.2, 0.25) is 5.02 Å². The summed E-state index contributed by atoms with van der Waals surface area (Å²) in [5.41, 5.74) is 1.27. The van der Waals surface area contributed by atoms with Gasteiger partial charge in [-0.05, 0) is 43.9 Å². The predicted octanol–water partition coefficient (Wildman–Crippen LogP) is 3.22. The van der Waals surface area contributed by atoms with Crippen LogP contribution in [0.1, 0.15) is 35.7 Å². The van der Waals surface area contributed by atoms with E-state index in [1.165, 1.54) is 16.9 Å². The number of carbonyl (C=O) groups excluding carboxylic acids is 1. The van der Waals surface area contributed by atoms with Gasteiger partial charge < -0.3 is 5.32 Å². The summed E-state index contributed by atoms with van der Waals surface area (Å²) in [6, 6.07) is 7.91. The highest BCUT2D eigenvalue weighted by Crippen LogP contribution is 2.15. The second-order valence-electron chi connectivity index (χ2n) is 5.87. The van der Waals surface area contributed by atoms with E-state index >= 15 is 0 Å². The van der Waals surface area contributed by atoms with E-state index in [1.807, 2.05) is 31.2 Å². The summed E-state index contributed by atoms with van der Waals surface area (Å²) in [5.74, 6) is 0.830. The Hall–Kier alpha value is -1.99. The maximum atomic E-state index is 11.9. The summed E-state index contributed by atoms with van der Waals surface area (Å²) in [6.45, 7) is 2.57. The number of carbonyl (C=O) groups is 1. The monoisotopic (exact) mass is 377 g/mol. The highest BCUT2D eigenvalue weighted by atomic mass is 35.5. The minimum Gasteiger partial charge on any atom is -0.356 e. The molecule has 2 heterocycles. The molecule has 0 saturated carbocycles. The molecule has 132 valence electrons. The third-order valence-corrected chi connectivity index (χ3v) is 5.09. The molecular weight excluding hydrogens is 358 g/mol. The molecule has 3 rings (SSSR count). The van der Waals surface area contributed by atoms with E-state index in [0.717, 1.165) is 40.1 Å². The number of nitrogens with one attached hydrogen (secondary N) is 1. The molecule has 0 bridgehead atoms. The number of rotatable bonds is 8. The molecule has 0 radical (unpaired) electrons. The molecule has 8 heteroatoms. The lowest BCUT2D eigenvalue weighted by Crippen LogP contribution is -2.24. The normalized spacial score (nSPS) is 11.1. The fraction of sp³-hybridized carbons (Fsp3) is 0.412. The first-order valence-corrected chi connectivity index (χ1v) is 9.50. The summed E-state index contributed by atoms with van der Waals surface area (Å²) >= 11 is 7.35. The quantitative estimate of drug-likeness (QED) is 0.612. The molecule has 0 saturated heterocycles. The van der Waals surface area contributed by atoms with Crippen molar-refractivity contribution in [3.05, 3.63) is 45.7 Å². The predicted molar refractivity (Wildman–Crippen MR) is 99.1 cm³/mol. The molecule has 0 atom stereocenters. The van der Waals surface area contributed by atoms with Gasteiger partial charge in [0.15, 0.2) is 5.82 Å². The fourth-order valence-electron chi connectivity index (χ4n) is 2.50. The topological polar surface area (TPSA) is 72.2 Å². The fourth-order valence-corrected chi connectivity index (χ4v) is 3.50. The van der Waals surface area contributed by atoms with E-state index in [4.69, 9.17) is 11.6 Å². The van der Waals surface area contributed by atoms with Gasteiger partial charge in [0.1, 0.15) is 5.01 Å². The van der Waals surface area contributed by atoms with Crippen molar-refractivity contribution in [1.82, 2.24) is 25.1 Å². The number of fused-ring (bicyclic) bond motifs is 1. The summed E-state index contributed by atoms with van der Waals surface area (Å²) < 4.78 is 1.72. The van der Waals surface area contributed by atoms with E-state index < -0.39 is 0 Å². The lowest BCUT2D eigenvalue weighted by atomic mass is 10.1. The Morgan fingerprint density at radius 1 is 1.20 bits per heavy atom. The molecule has 0 aliphatic carbocycles. The summed E-state index contributed by atoms with van der Waals surface area (Å²) in [5, 5.41) is 17.0. The third kappa shape index (κ3) is 4.99. The van der Waals surface area contributed by atoms with Gasteiger partial charge in [0.05, 0.1) is 0 Å². The number of halogens is 1. The molecule has 1 aromatic carbocycles. The van der Waals surface area contributed by atoms with Crippen molar-refractivity contribution in [2.45, 2.75) is 39.0 Å². The number of aryl methyl sites for hydroxylation is 3. The van der Waals surface area contributed by atoms with Crippen LogP contribution in [0, 0.1) is 6.92 Å². The van der Waals surface area contributed by atoms with Crippen LogP contribution in [-0.4, -0.2) is 32.3 Å². The molecule has 0 fully saturated rings. The molecule has 0 aliphatic rings. The van der Waals surface area contributed by atoms with Crippen molar-refractivity contribution >= 4 is 33.8 Å². The first-order chi connectivity index (χ1) is 12.1. The smallest absolute Gasteiger partial charge is 0.234 e. The maximum absolute atomic E-state index is 11.9. The van der Waals surface area contributed by atoms with Gasteiger partial charge in [-0.15, -0.1) is 10.2 Å². The van der Waals surface area contributed by atoms with Gasteiger partial charge in [0.25, 0.3) is 0 Å². The summed E-state index contributed by atoms with van der Waals surface area (Å²) in [6.07, 6.45) is 4.08. The Labute approximate surface area is 155 Å². The SMILES string of the molecule is Cc1nnc2sc(CCC(=O)NCCCCc3ccc(Cl)cc3)nn12. The summed E-state index contributed by atoms with van der Waals surface area (Å²) in [4.78, 5) is 12.7. The molecular formula is C17H20ClN5OS. The number of hydrogen-bond acceptors (Lipinski definition) is 5. The van der Waals surface area contributed by atoms with Gasteiger partial charge >= 0.3 is 0 Å². The average molecular weight is 378 g/mol. The maximum Gasteiger partial charge on any atom is 0.234 e. The number of unbranched alkanes of at least 4 members (excludes halogenated alkanes) is 1. The second-order valence-corrected chi connectivity index (χ2v) is 7.35. The van der Waals surface area contributed by atoms with Crippen LogP contribution < -0.4 is 5.32 Å². The Kier molecular flexibility index (Phi) is 5.99. The minimum absolute atomic E-state index is 0.0641. The molecule has 6 nitrogen and oxygen atoms in total. The van der Waals surface area contributed by atoms with Crippen LogP contribution >= 0.6 is 22.9 Å². The van der Waals surface area contributed by atoms with E-state index in [1.54, 1.807) is 4.52 Å². The molecule has 0 aliphatic heterocycles. The van der Waals surface area contributed by atoms with Gasteiger partial charge in [-0.25, -0.2) is 0 Å². The zero-order valence-corrected chi connectivity index (χ0v) is 15.6. The van der Waals surface area contributed by atoms with Crippen molar-refractivity contribution < 1.29 is 4.79 Å². The molecule has 2 aromatic heterocycles. The van der Waals surface area contributed by atoms with E-state index in [9.17, 15) is 4.79 Å². The van der Waals surface area contributed by atoms with Gasteiger partial charge in [-0.3, -0.25) is 4.79 Å². The first-order valence-electron chi connectivity index (χ1n) is 8.30. The van der Waals surface area contributed by atoms with Crippen molar-refractivity contribution in [3.63, 3.8) is 0 Å². The number of nitrogens with zero attached hydrogens (tertiary/aromatic N) is 4. The Morgan fingerprint density at radius 3 is 2.76 bits per heavy atom. The van der Waals surface area contributed by atoms with E-state index in [0.29, 0.717) is 19.4 Å². The number of amides is 1. The van der Waals surface area contributed by atoms with Gasteiger partial charge in [0, 0.05) is 24.4 Å². The standard InChI is InChI=1S/C17H20ClN5OS/c1-12-20-21-17-23(12)22-16(25-17)10-9-15(24)19-11-3-2-4-13-5-7-14(18)8-6-13/h5-8H,2-4,9-11H2,1H3,(H,19,24). The van der Waals surface area contributed by atoms with Crippen molar-refractivity contribution in [1.29, 1.82) is 0 Å². The molecule has 3 aromatic rings. The van der Waals surface area contributed by atoms with E-state index in [2.05, 4.69) is 20.6 Å². The molecule has 1 N–H and O–H groups in total. The zero-order valence-electron chi connectivity index (χ0n) is 14.0. The average Bonchev–Trinajstić information content (AvgIpc) is 3.16. The van der Waals surface area contributed by atoms with Crippen LogP contribution in [-0.2, 0) is 17.6 Å². The molecule has 0 unspecified atom stereocenters. The third-order valence-electron chi connectivity index (χ3n) is 3.88. The highest BCUT2D eigenvalue weighted by molar-refractivity contribution is 7.16. The van der Waals surface area contributed by atoms with E-state index in [-0.39, 0.29) is 5.91 Å². The Bertz CT molecular complexity index is 842. The second kappa shape index (κ2) is 8.40. The van der Waals surface area contributed by atoms with Gasteiger partial charge in [-0.1, -0.05) is 35.1 Å². The van der Waals surface area contributed by atoms with Crippen molar-refractivity contribution in [2.24, 2.45) is 0 Å². The van der Waals surface area contributed by atoms with Crippen LogP contribution in [0.25, 0.3) is 4.96 Å². The zero-order chi connectivity index (χ0) is 17.6. The van der Waals surface area contributed by atoms with Crippen molar-refractivity contribution in [2.75, 3.05) is 6.54 Å². The van der Waals surface area contributed by atoms with Crippen LogP contribution in [0.5, 0.6) is 0 Å².